The number of anilines is 1. The van der Waals surface area contributed by atoms with Gasteiger partial charge >= 0.3 is 12.2 Å². The quantitative estimate of drug-likeness (QED) is 0.417. The molecule has 1 aliphatic rings. The molecule has 1 aromatic rings. The number of halogens is 3. The number of alkyl halides is 3. The number of aromatic nitrogens is 2. The molecule has 0 radical (unpaired) electrons. The molecule has 0 spiro atoms. The van der Waals surface area contributed by atoms with Crippen LogP contribution in [0.15, 0.2) is 0 Å². The molecule has 0 aromatic carbocycles. The van der Waals surface area contributed by atoms with Gasteiger partial charge in [-0.15, -0.1) is 10.2 Å². The Labute approximate surface area is 114 Å². The van der Waals surface area contributed by atoms with E-state index in [4.69, 9.17) is 5.84 Å². The maximum Gasteiger partial charge on any atom is 0.420 e. The molecule has 1 saturated heterocycles. The van der Waals surface area contributed by atoms with Gasteiger partial charge in [0.05, 0.1) is 6.54 Å². The molecule has 1 aliphatic heterocycles. The molecule has 1 unspecified atom stereocenters. The highest BCUT2D eigenvalue weighted by Crippen LogP contribution is 2.35. The SMILES string of the molecule is CC1(C(F)(F)F)NC(=O)N(Cc2nnc(NN)s2)C1=O. The molecule has 20 heavy (non-hydrogen) atoms. The fourth-order valence-electron chi connectivity index (χ4n) is 1.54. The lowest BCUT2D eigenvalue weighted by atomic mass is 10.0. The fraction of sp³-hybridized carbons (Fsp3) is 0.500. The number of carbonyl (C=O) groups is 2. The smallest absolute Gasteiger partial charge is 0.316 e. The van der Waals surface area contributed by atoms with Crippen molar-refractivity contribution in [2.24, 2.45) is 5.84 Å². The summed E-state index contributed by atoms with van der Waals surface area (Å²) in [5, 5.41) is 9.18. The summed E-state index contributed by atoms with van der Waals surface area (Å²) in [7, 11) is 0. The van der Waals surface area contributed by atoms with E-state index in [1.807, 2.05) is 0 Å². The second-order valence-corrected chi connectivity index (χ2v) is 5.15. The van der Waals surface area contributed by atoms with Gasteiger partial charge in [0.2, 0.25) is 10.7 Å². The minimum absolute atomic E-state index is 0.174. The van der Waals surface area contributed by atoms with Crippen LogP contribution in [0.25, 0.3) is 0 Å². The summed E-state index contributed by atoms with van der Waals surface area (Å²) in [6.45, 7) is 0.204. The summed E-state index contributed by atoms with van der Waals surface area (Å²) in [6.07, 6.45) is -4.89. The van der Waals surface area contributed by atoms with Gasteiger partial charge in [0.25, 0.3) is 5.91 Å². The minimum Gasteiger partial charge on any atom is -0.316 e. The number of nitrogens with zero attached hydrogens (tertiary/aromatic N) is 3. The molecule has 2 heterocycles. The molecule has 1 fully saturated rings. The lowest BCUT2D eigenvalue weighted by Crippen LogP contribution is -2.56. The van der Waals surface area contributed by atoms with Crippen LogP contribution < -0.4 is 16.6 Å². The Morgan fingerprint density at radius 1 is 1.45 bits per heavy atom. The zero-order valence-electron chi connectivity index (χ0n) is 9.98. The number of nitrogen functional groups attached to an aromatic ring is 1. The van der Waals surface area contributed by atoms with Crippen LogP contribution >= 0.6 is 11.3 Å². The number of amides is 3. The van der Waals surface area contributed by atoms with Gasteiger partial charge in [-0.3, -0.25) is 15.1 Å². The molecule has 110 valence electrons. The van der Waals surface area contributed by atoms with E-state index < -0.39 is 30.2 Å². The van der Waals surface area contributed by atoms with Crippen LogP contribution in [-0.4, -0.2) is 38.8 Å². The largest absolute Gasteiger partial charge is 0.420 e. The molecule has 0 aliphatic carbocycles. The predicted molar refractivity (Wildman–Crippen MR) is 61.3 cm³/mol. The topological polar surface area (TPSA) is 113 Å². The Morgan fingerprint density at radius 2 is 2.10 bits per heavy atom. The van der Waals surface area contributed by atoms with Crippen molar-refractivity contribution in [2.45, 2.75) is 25.2 Å². The third kappa shape index (κ3) is 2.16. The van der Waals surface area contributed by atoms with Crippen molar-refractivity contribution in [1.82, 2.24) is 20.4 Å². The van der Waals surface area contributed by atoms with Gasteiger partial charge in [-0.25, -0.2) is 10.6 Å². The summed E-state index contributed by atoms with van der Waals surface area (Å²) in [5.41, 5.74) is -0.731. The maximum atomic E-state index is 12.8. The Hall–Kier alpha value is -1.95. The third-order valence-corrected chi connectivity index (χ3v) is 3.56. The van der Waals surface area contributed by atoms with E-state index in [9.17, 15) is 22.8 Å². The van der Waals surface area contributed by atoms with Gasteiger partial charge in [-0.05, 0) is 6.92 Å². The average molecular weight is 310 g/mol. The standard InChI is InChI=1S/C8H9F3N6O2S/c1-7(8(9,10)11)4(18)17(6(19)13-7)2-3-15-16-5(14-12)20-3/h2,12H2,1H3,(H,13,19)(H,14,16). The Kier molecular flexibility index (Phi) is 3.29. The summed E-state index contributed by atoms with van der Waals surface area (Å²) >= 11 is 0.918. The number of imide groups is 1. The molecule has 1 atom stereocenters. The molecular formula is C8H9F3N6O2S. The highest BCUT2D eigenvalue weighted by molar-refractivity contribution is 7.15. The molecule has 0 bridgehead atoms. The molecule has 2 rings (SSSR count). The Morgan fingerprint density at radius 3 is 2.55 bits per heavy atom. The van der Waals surface area contributed by atoms with Gasteiger partial charge in [0.15, 0.2) is 0 Å². The van der Waals surface area contributed by atoms with Crippen molar-refractivity contribution >= 4 is 28.4 Å². The fourth-order valence-corrected chi connectivity index (χ4v) is 2.18. The number of hydrogen-bond donors (Lipinski definition) is 3. The molecule has 0 saturated carbocycles. The van der Waals surface area contributed by atoms with Gasteiger partial charge < -0.3 is 5.32 Å². The van der Waals surface area contributed by atoms with Gasteiger partial charge in [-0.2, -0.15) is 13.2 Å². The Bertz CT molecular complexity index is 561. The lowest BCUT2D eigenvalue weighted by Gasteiger charge is -2.24. The number of hydrogen-bond acceptors (Lipinski definition) is 7. The first-order valence-corrected chi connectivity index (χ1v) is 6.00. The second-order valence-electron chi connectivity index (χ2n) is 4.09. The molecule has 8 nitrogen and oxygen atoms in total. The van der Waals surface area contributed by atoms with E-state index in [2.05, 4.69) is 15.6 Å². The normalized spacial score (nSPS) is 23.1. The summed E-state index contributed by atoms with van der Waals surface area (Å²) in [4.78, 5) is 23.8. The zero-order chi connectivity index (χ0) is 15.1. The number of hydrazine groups is 1. The first-order valence-electron chi connectivity index (χ1n) is 5.19. The van der Waals surface area contributed by atoms with Crippen LogP contribution in [0.3, 0.4) is 0 Å². The number of nitrogens with two attached hydrogens (primary N) is 1. The van der Waals surface area contributed by atoms with E-state index in [0.29, 0.717) is 11.8 Å². The summed E-state index contributed by atoms with van der Waals surface area (Å²) in [5.74, 6) is 3.69. The van der Waals surface area contributed by atoms with Crippen molar-refractivity contribution in [3.8, 4) is 0 Å². The van der Waals surface area contributed by atoms with E-state index in [1.54, 1.807) is 5.32 Å². The van der Waals surface area contributed by atoms with Crippen molar-refractivity contribution < 1.29 is 22.8 Å². The number of carbonyl (C=O) groups excluding carboxylic acids is 2. The van der Waals surface area contributed by atoms with Crippen LogP contribution in [0, 0.1) is 0 Å². The van der Waals surface area contributed by atoms with Crippen LogP contribution in [0.2, 0.25) is 0 Å². The van der Waals surface area contributed by atoms with E-state index in [-0.39, 0.29) is 10.1 Å². The molecule has 12 heteroatoms. The van der Waals surface area contributed by atoms with E-state index in [0.717, 1.165) is 11.3 Å². The van der Waals surface area contributed by atoms with Gasteiger partial charge in [-0.1, -0.05) is 11.3 Å². The van der Waals surface area contributed by atoms with Crippen LogP contribution in [0.4, 0.5) is 23.1 Å². The molecular weight excluding hydrogens is 301 g/mol. The lowest BCUT2D eigenvalue weighted by molar-refractivity contribution is -0.191. The first kappa shape index (κ1) is 14.5. The van der Waals surface area contributed by atoms with Crippen LogP contribution in [-0.2, 0) is 11.3 Å². The van der Waals surface area contributed by atoms with Crippen molar-refractivity contribution in [1.29, 1.82) is 0 Å². The third-order valence-electron chi connectivity index (χ3n) is 2.73. The van der Waals surface area contributed by atoms with E-state index >= 15 is 0 Å². The van der Waals surface area contributed by atoms with Crippen molar-refractivity contribution in [3.63, 3.8) is 0 Å². The second kappa shape index (κ2) is 4.56. The van der Waals surface area contributed by atoms with E-state index in [1.165, 1.54) is 0 Å². The zero-order valence-corrected chi connectivity index (χ0v) is 10.8. The minimum atomic E-state index is -4.89. The molecule has 3 amide bonds. The summed E-state index contributed by atoms with van der Waals surface area (Å²) < 4.78 is 38.5. The highest BCUT2D eigenvalue weighted by Gasteiger charge is 2.64. The van der Waals surface area contributed by atoms with Gasteiger partial charge in [0, 0.05) is 0 Å². The number of nitrogens with one attached hydrogen (secondary N) is 2. The van der Waals surface area contributed by atoms with Gasteiger partial charge in [0.1, 0.15) is 5.01 Å². The maximum absolute atomic E-state index is 12.8. The average Bonchev–Trinajstić information content (AvgIpc) is 2.88. The number of urea groups is 1. The molecule has 1 aromatic heterocycles. The Balaban J connectivity index is 2.21. The highest BCUT2D eigenvalue weighted by atomic mass is 32.1. The van der Waals surface area contributed by atoms with Crippen molar-refractivity contribution in [3.05, 3.63) is 5.01 Å². The predicted octanol–water partition coefficient (Wildman–Crippen LogP) is 0.196. The number of rotatable bonds is 3. The molecule has 4 N–H and O–H groups in total. The van der Waals surface area contributed by atoms with Crippen molar-refractivity contribution in [2.75, 3.05) is 5.43 Å². The monoisotopic (exact) mass is 310 g/mol. The van der Waals surface area contributed by atoms with Crippen LogP contribution in [0.5, 0.6) is 0 Å². The first-order chi connectivity index (χ1) is 9.19. The van der Waals surface area contributed by atoms with Crippen LogP contribution in [0.1, 0.15) is 11.9 Å². The summed E-state index contributed by atoms with van der Waals surface area (Å²) in [6, 6.07) is -1.13.